The third kappa shape index (κ3) is 6.20. The van der Waals surface area contributed by atoms with Crippen LogP contribution in [0.4, 0.5) is 13.2 Å². The highest BCUT2D eigenvalue weighted by Crippen LogP contribution is 2.29. The maximum Gasteiger partial charge on any atom is 0.416 e. The number of benzene rings is 1. The van der Waals surface area contributed by atoms with E-state index in [-0.39, 0.29) is 23.3 Å². The monoisotopic (exact) mass is 446 g/mol. The molecule has 1 saturated carbocycles. The first-order chi connectivity index (χ1) is 14.1. The molecule has 0 N–H and O–H groups in total. The number of halogens is 3. The van der Waals surface area contributed by atoms with E-state index < -0.39 is 21.6 Å². The van der Waals surface area contributed by atoms with Crippen molar-refractivity contribution in [3.05, 3.63) is 35.4 Å². The summed E-state index contributed by atoms with van der Waals surface area (Å²) in [6.45, 7) is 2.96. The summed E-state index contributed by atoms with van der Waals surface area (Å²) in [5, 5.41) is -0.284. The third-order valence-corrected chi connectivity index (χ3v) is 8.30. The van der Waals surface area contributed by atoms with Crippen molar-refractivity contribution in [2.24, 2.45) is 0 Å². The molecule has 1 aliphatic carbocycles. The smallest absolute Gasteiger partial charge is 0.341 e. The van der Waals surface area contributed by atoms with E-state index in [4.69, 9.17) is 0 Å². The second kappa shape index (κ2) is 9.68. The van der Waals surface area contributed by atoms with Crippen LogP contribution in [0, 0.1) is 0 Å². The first kappa shape index (κ1) is 23.1. The van der Waals surface area contributed by atoms with Gasteiger partial charge < -0.3 is 4.90 Å². The molecule has 1 aromatic carbocycles. The van der Waals surface area contributed by atoms with Crippen molar-refractivity contribution in [1.82, 2.24) is 9.80 Å². The third-order valence-electron chi connectivity index (χ3n) is 6.04. The lowest BCUT2D eigenvalue weighted by atomic mass is 10.1. The molecular weight excluding hydrogens is 417 g/mol. The molecule has 0 atom stereocenters. The molecule has 2 fully saturated rings. The molecule has 30 heavy (non-hydrogen) atoms. The molecule has 0 spiro atoms. The highest BCUT2D eigenvalue weighted by atomic mass is 32.2. The fourth-order valence-corrected chi connectivity index (χ4v) is 6.08. The van der Waals surface area contributed by atoms with Gasteiger partial charge in [-0.1, -0.05) is 25.0 Å². The van der Waals surface area contributed by atoms with Crippen molar-refractivity contribution in [2.45, 2.75) is 56.5 Å². The zero-order valence-corrected chi connectivity index (χ0v) is 17.8. The summed E-state index contributed by atoms with van der Waals surface area (Å²) >= 11 is 0. The molecule has 1 heterocycles. The first-order valence-corrected chi connectivity index (χ1v) is 12.2. The van der Waals surface area contributed by atoms with Gasteiger partial charge in [0.05, 0.1) is 16.6 Å². The van der Waals surface area contributed by atoms with E-state index >= 15 is 0 Å². The summed E-state index contributed by atoms with van der Waals surface area (Å²) in [7, 11) is -3.21. The van der Waals surface area contributed by atoms with Gasteiger partial charge in [-0.2, -0.15) is 13.2 Å². The molecule has 1 aliphatic heterocycles. The van der Waals surface area contributed by atoms with Crippen LogP contribution in [0.25, 0.3) is 0 Å². The van der Waals surface area contributed by atoms with Crippen molar-refractivity contribution in [3.63, 3.8) is 0 Å². The average Bonchev–Trinajstić information content (AvgIpc) is 3.15. The largest absolute Gasteiger partial charge is 0.416 e. The van der Waals surface area contributed by atoms with Crippen LogP contribution >= 0.6 is 0 Å². The molecule has 0 bridgehead atoms. The highest BCUT2D eigenvalue weighted by Gasteiger charge is 2.31. The Kier molecular flexibility index (Phi) is 7.44. The Bertz CT molecular complexity index is 819. The molecule has 5 nitrogen and oxygen atoms in total. The summed E-state index contributed by atoms with van der Waals surface area (Å²) in [5.74, 6) is -0.213. The fraction of sp³-hybridized carbons (Fsp3) is 0.667. The van der Waals surface area contributed by atoms with E-state index in [1.165, 1.54) is 12.1 Å². The van der Waals surface area contributed by atoms with Crippen molar-refractivity contribution in [3.8, 4) is 0 Å². The summed E-state index contributed by atoms with van der Waals surface area (Å²) in [6, 6.07) is 5.16. The van der Waals surface area contributed by atoms with Gasteiger partial charge in [0.1, 0.15) is 0 Å². The second-order valence-corrected chi connectivity index (χ2v) is 10.6. The minimum absolute atomic E-state index is 0.0255. The Hall–Kier alpha value is -1.61. The highest BCUT2D eigenvalue weighted by molar-refractivity contribution is 7.92. The van der Waals surface area contributed by atoms with Gasteiger partial charge in [0, 0.05) is 39.1 Å². The van der Waals surface area contributed by atoms with E-state index in [0.29, 0.717) is 39.0 Å². The summed E-state index contributed by atoms with van der Waals surface area (Å²) < 4.78 is 62.8. The average molecular weight is 447 g/mol. The number of hydrogen-bond acceptors (Lipinski definition) is 4. The van der Waals surface area contributed by atoms with Crippen LogP contribution in [0.3, 0.4) is 0 Å². The molecule has 0 radical (unpaired) electrons. The minimum Gasteiger partial charge on any atom is -0.341 e. The zero-order chi connectivity index (χ0) is 21.8. The Balaban J connectivity index is 1.47. The van der Waals surface area contributed by atoms with Crippen LogP contribution < -0.4 is 0 Å². The number of nitrogens with zero attached hydrogens (tertiary/aromatic N) is 2. The van der Waals surface area contributed by atoms with Crippen molar-refractivity contribution in [2.75, 3.05) is 31.9 Å². The normalized spacial score (nSPS) is 19.8. The number of carbonyl (C=O) groups is 1. The van der Waals surface area contributed by atoms with Gasteiger partial charge in [0.25, 0.3) is 0 Å². The van der Waals surface area contributed by atoms with Crippen LogP contribution in [0.1, 0.15) is 49.7 Å². The van der Waals surface area contributed by atoms with Gasteiger partial charge in [0.2, 0.25) is 5.91 Å². The van der Waals surface area contributed by atoms with E-state index in [1.807, 2.05) is 0 Å². The molecule has 3 rings (SSSR count). The topological polar surface area (TPSA) is 57.7 Å². The van der Waals surface area contributed by atoms with Gasteiger partial charge in [-0.05, 0) is 37.0 Å². The molecular formula is C21H29F3N2O3S. The van der Waals surface area contributed by atoms with E-state index in [9.17, 15) is 26.4 Å². The fourth-order valence-electron chi connectivity index (χ4n) is 4.24. The lowest BCUT2D eigenvalue weighted by Crippen LogP contribution is -2.36. The Morgan fingerprint density at radius 3 is 2.27 bits per heavy atom. The van der Waals surface area contributed by atoms with E-state index in [2.05, 4.69) is 4.90 Å². The number of sulfone groups is 1. The molecule has 2 aliphatic rings. The van der Waals surface area contributed by atoms with Gasteiger partial charge in [-0.3, -0.25) is 9.69 Å². The second-order valence-electron chi connectivity index (χ2n) is 8.23. The predicted molar refractivity (Wildman–Crippen MR) is 109 cm³/mol. The number of rotatable bonds is 6. The van der Waals surface area contributed by atoms with Crippen molar-refractivity contribution < 1.29 is 26.4 Å². The lowest BCUT2D eigenvalue weighted by molar-refractivity contribution is -0.137. The summed E-state index contributed by atoms with van der Waals surface area (Å²) in [5.41, 5.74) is 0.136. The molecule has 0 unspecified atom stereocenters. The molecule has 1 saturated heterocycles. The number of carbonyl (C=O) groups excluding carboxylic acids is 1. The quantitative estimate of drug-likeness (QED) is 0.671. The van der Waals surface area contributed by atoms with Crippen molar-refractivity contribution >= 4 is 15.7 Å². The molecule has 0 aromatic heterocycles. The Labute approximate surface area is 176 Å². The SMILES string of the molecule is O=C(CCS(=O)(=O)C1CCCC1)N1CCCN(Cc2ccc(C(F)(F)F)cc2)CC1. The Morgan fingerprint density at radius 1 is 0.967 bits per heavy atom. The van der Waals surface area contributed by atoms with Gasteiger partial charge >= 0.3 is 6.18 Å². The molecule has 1 amide bonds. The van der Waals surface area contributed by atoms with Crippen LogP contribution in [-0.4, -0.2) is 61.3 Å². The first-order valence-electron chi connectivity index (χ1n) is 10.5. The maximum atomic E-state index is 12.7. The van der Waals surface area contributed by atoms with Crippen LogP contribution in [-0.2, 0) is 27.4 Å². The summed E-state index contributed by atoms with van der Waals surface area (Å²) in [6.07, 6.45) is -0.261. The molecule has 9 heteroatoms. The minimum atomic E-state index is -4.34. The van der Waals surface area contributed by atoms with Crippen LogP contribution in [0.5, 0.6) is 0 Å². The number of hydrogen-bond donors (Lipinski definition) is 0. The van der Waals surface area contributed by atoms with Crippen LogP contribution in [0.2, 0.25) is 0 Å². The van der Waals surface area contributed by atoms with E-state index in [1.54, 1.807) is 4.90 Å². The van der Waals surface area contributed by atoms with Gasteiger partial charge in [0.15, 0.2) is 9.84 Å². The maximum absolute atomic E-state index is 12.7. The van der Waals surface area contributed by atoms with Gasteiger partial charge in [-0.15, -0.1) is 0 Å². The molecule has 1 aromatic rings. The van der Waals surface area contributed by atoms with Crippen molar-refractivity contribution in [1.29, 1.82) is 0 Å². The van der Waals surface area contributed by atoms with Crippen LogP contribution in [0.15, 0.2) is 24.3 Å². The standard InChI is InChI=1S/C21H29F3N2O3S/c22-21(23,24)18-8-6-17(7-9-18)16-25-11-3-12-26(14-13-25)20(27)10-15-30(28,29)19-4-1-2-5-19/h6-9,19H,1-5,10-16H2. The Morgan fingerprint density at radius 2 is 1.63 bits per heavy atom. The lowest BCUT2D eigenvalue weighted by Gasteiger charge is -2.22. The number of alkyl halides is 3. The predicted octanol–water partition coefficient (Wildman–Crippen LogP) is 3.49. The summed E-state index contributed by atoms with van der Waals surface area (Å²) in [4.78, 5) is 16.4. The zero-order valence-electron chi connectivity index (χ0n) is 17.0. The van der Waals surface area contributed by atoms with Gasteiger partial charge in [-0.25, -0.2) is 8.42 Å². The molecule has 168 valence electrons. The van der Waals surface area contributed by atoms with E-state index in [0.717, 1.165) is 43.5 Å². The number of amides is 1.